The standard InChI is InChI=1S/C21H27N2/c1-7-20(5)21(6,8-2)23-13-11-17-15(4)14(3)16-10-9-12-22(20)18(16)19(17)23/h9-13H,7-8H2,1-6H3/q+1. The summed E-state index contributed by atoms with van der Waals surface area (Å²) in [7, 11) is 0. The van der Waals surface area contributed by atoms with Gasteiger partial charge in [-0.3, -0.25) is 0 Å². The van der Waals surface area contributed by atoms with Crippen LogP contribution in [-0.4, -0.2) is 4.57 Å². The Morgan fingerprint density at radius 3 is 2.35 bits per heavy atom. The summed E-state index contributed by atoms with van der Waals surface area (Å²) in [4.78, 5) is 0. The van der Waals surface area contributed by atoms with E-state index in [4.69, 9.17) is 0 Å². The number of pyridine rings is 1. The van der Waals surface area contributed by atoms with E-state index in [0.29, 0.717) is 0 Å². The third-order valence-electron chi connectivity index (χ3n) is 7.08. The van der Waals surface area contributed by atoms with Crippen molar-refractivity contribution in [2.45, 2.75) is 65.5 Å². The van der Waals surface area contributed by atoms with E-state index in [2.05, 4.69) is 81.3 Å². The molecule has 3 heterocycles. The first-order valence-corrected chi connectivity index (χ1v) is 8.86. The zero-order valence-electron chi connectivity index (χ0n) is 15.2. The van der Waals surface area contributed by atoms with Crippen LogP contribution >= 0.6 is 0 Å². The number of nitrogens with zero attached hydrogens (tertiary/aromatic N) is 2. The molecule has 0 radical (unpaired) electrons. The van der Waals surface area contributed by atoms with E-state index in [0.717, 1.165) is 12.8 Å². The number of aromatic nitrogens is 2. The van der Waals surface area contributed by atoms with Crippen molar-refractivity contribution in [3.05, 3.63) is 41.7 Å². The first-order chi connectivity index (χ1) is 10.9. The summed E-state index contributed by atoms with van der Waals surface area (Å²) in [5, 5.41) is 2.81. The lowest BCUT2D eigenvalue weighted by molar-refractivity contribution is -0.755. The second-order valence-corrected chi connectivity index (χ2v) is 7.59. The molecule has 0 aliphatic carbocycles. The molecule has 0 fully saturated rings. The van der Waals surface area contributed by atoms with Gasteiger partial charge in [0.15, 0.2) is 11.7 Å². The maximum Gasteiger partial charge on any atom is 0.237 e. The predicted octanol–water partition coefficient (Wildman–Crippen LogP) is 4.96. The number of benzene rings is 1. The minimum atomic E-state index is 0.0713. The van der Waals surface area contributed by atoms with Gasteiger partial charge < -0.3 is 4.57 Å². The molecule has 2 aromatic heterocycles. The van der Waals surface area contributed by atoms with Gasteiger partial charge in [0, 0.05) is 31.0 Å². The van der Waals surface area contributed by atoms with Crippen LogP contribution in [0.25, 0.3) is 21.8 Å². The largest absolute Gasteiger partial charge is 0.329 e. The Kier molecular flexibility index (Phi) is 2.80. The van der Waals surface area contributed by atoms with Crippen molar-refractivity contribution < 1.29 is 4.57 Å². The molecule has 1 aromatic carbocycles. The van der Waals surface area contributed by atoms with E-state index >= 15 is 0 Å². The molecule has 1 aliphatic rings. The van der Waals surface area contributed by atoms with Gasteiger partial charge in [-0.1, -0.05) is 13.8 Å². The summed E-state index contributed by atoms with van der Waals surface area (Å²) in [5.41, 5.74) is 5.81. The second kappa shape index (κ2) is 4.37. The lowest BCUT2D eigenvalue weighted by atomic mass is 9.73. The quantitative estimate of drug-likeness (QED) is 0.592. The number of hydrogen-bond acceptors (Lipinski definition) is 0. The topological polar surface area (TPSA) is 8.81 Å². The maximum absolute atomic E-state index is 2.57. The van der Waals surface area contributed by atoms with E-state index in [1.54, 1.807) is 0 Å². The molecule has 0 bridgehead atoms. The van der Waals surface area contributed by atoms with Crippen molar-refractivity contribution in [3.8, 4) is 0 Å². The Morgan fingerprint density at radius 1 is 1.00 bits per heavy atom. The van der Waals surface area contributed by atoms with Crippen LogP contribution in [0.4, 0.5) is 0 Å². The van der Waals surface area contributed by atoms with E-state index < -0.39 is 0 Å². The van der Waals surface area contributed by atoms with Crippen LogP contribution in [0, 0.1) is 13.8 Å². The summed E-state index contributed by atoms with van der Waals surface area (Å²) in [6, 6.07) is 6.84. The molecule has 4 rings (SSSR count). The normalized spacial score (nSPS) is 26.5. The van der Waals surface area contributed by atoms with Crippen LogP contribution in [0.5, 0.6) is 0 Å². The molecule has 2 unspecified atom stereocenters. The maximum atomic E-state index is 2.57. The Balaban J connectivity index is 2.36. The number of aryl methyl sites for hydroxylation is 2. The second-order valence-electron chi connectivity index (χ2n) is 7.59. The molecule has 1 aliphatic heterocycles. The van der Waals surface area contributed by atoms with Crippen LogP contribution in [0.2, 0.25) is 0 Å². The van der Waals surface area contributed by atoms with Crippen LogP contribution in [0.3, 0.4) is 0 Å². The van der Waals surface area contributed by atoms with Gasteiger partial charge in [-0.05, 0) is 50.5 Å². The average molecular weight is 307 g/mol. The lowest BCUT2D eigenvalue weighted by Crippen LogP contribution is -2.68. The molecular formula is C21H27N2+. The lowest BCUT2D eigenvalue weighted by Gasteiger charge is -2.45. The Hall–Kier alpha value is -1.83. The zero-order valence-corrected chi connectivity index (χ0v) is 15.2. The fourth-order valence-electron chi connectivity index (χ4n) is 4.88. The van der Waals surface area contributed by atoms with Gasteiger partial charge in [0.25, 0.3) is 0 Å². The summed E-state index contributed by atoms with van der Waals surface area (Å²) in [5.74, 6) is 0. The molecule has 0 spiro atoms. The van der Waals surface area contributed by atoms with Crippen LogP contribution in [-0.2, 0) is 11.1 Å². The highest BCUT2D eigenvalue weighted by molar-refractivity contribution is 6.06. The number of hydrogen-bond donors (Lipinski definition) is 0. The van der Waals surface area contributed by atoms with Gasteiger partial charge in [-0.2, -0.15) is 4.57 Å². The Labute approximate surface area is 138 Å². The van der Waals surface area contributed by atoms with Crippen LogP contribution in [0.15, 0.2) is 30.6 Å². The van der Waals surface area contributed by atoms with Gasteiger partial charge in [0.1, 0.15) is 11.1 Å². The third-order valence-corrected chi connectivity index (χ3v) is 7.08. The monoisotopic (exact) mass is 307 g/mol. The molecule has 0 amide bonds. The zero-order chi connectivity index (χ0) is 16.6. The minimum absolute atomic E-state index is 0.0713. The van der Waals surface area contributed by atoms with Crippen LogP contribution < -0.4 is 4.57 Å². The van der Waals surface area contributed by atoms with E-state index in [1.807, 2.05) is 0 Å². The van der Waals surface area contributed by atoms with E-state index in [1.165, 1.54) is 32.9 Å². The Morgan fingerprint density at radius 2 is 1.70 bits per heavy atom. The Bertz CT molecular complexity index is 950. The van der Waals surface area contributed by atoms with Crippen molar-refractivity contribution >= 4 is 21.8 Å². The van der Waals surface area contributed by atoms with Crippen molar-refractivity contribution in [2.75, 3.05) is 0 Å². The van der Waals surface area contributed by atoms with Gasteiger partial charge in [-0.15, -0.1) is 0 Å². The minimum Gasteiger partial charge on any atom is -0.329 e. The van der Waals surface area contributed by atoms with Gasteiger partial charge in [-0.25, -0.2) is 0 Å². The highest BCUT2D eigenvalue weighted by Gasteiger charge is 2.55. The van der Waals surface area contributed by atoms with Crippen LogP contribution in [0.1, 0.15) is 51.7 Å². The molecule has 120 valence electrons. The van der Waals surface area contributed by atoms with Gasteiger partial charge >= 0.3 is 0 Å². The fourth-order valence-corrected chi connectivity index (χ4v) is 4.88. The van der Waals surface area contributed by atoms with Gasteiger partial charge in [0.2, 0.25) is 5.52 Å². The molecule has 0 N–H and O–H groups in total. The number of rotatable bonds is 2. The predicted molar refractivity (Wildman–Crippen MR) is 97.0 cm³/mol. The molecule has 2 atom stereocenters. The van der Waals surface area contributed by atoms with E-state index in [-0.39, 0.29) is 11.1 Å². The average Bonchev–Trinajstić information content (AvgIpc) is 3.02. The smallest absolute Gasteiger partial charge is 0.237 e. The summed E-state index contributed by atoms with van der Waals surface area (Å²) in [6.45, 7) is 14.0. The SMILES string of the molecule is CCC1(C)n2ccc3c(C)c(C)c4ccc[n+](c4c32)C1(C)CC. The summed E-state index contributed by atoms with van der Waals surface area (Å²) < 4.78 is 5.14. The molecule has 0 saturated heterocycles. The highest BCUT2D eigenvalue weighted by Crippen LogP contribution is 2.46. The van der Waals surface area contributed by atoms with E-state index in [9.17, 15) is 0 Å². The first-order valence-electron chi connectivity index (χ1n) is 8.86. The molecule has 2 heteroatoms. The van der Waals surface area contributed by atoms with Gasteiger partial charge in [0.05, 0.1) is 5.39 Å². The van der Waals surface area contributed by atoms with Crippen molar-refractivity contribution in [1.82, 2.24) is 4.57 Å². The van der Waals surface area contributed by atoms with Crippen molar-refractivity contribution in [2.24, 2.45) is 0 Å². The summed E-state index contributed by atoms with van der Waals surface area (Å²) in [6.07, 6.45) is 6.86. The van der Waals surface area contributed by atoms with Crippen molar-refractivity contribution in [3.63, 3.8) is 0 Å². The molecule has 0 saturated carbocycles. The summed E-state index contributed by atoms with van der Waals surface area (Å²) >= 11 is 0. The first kappa shape index (κ1) is 14.7. The highest BCUT2D eigenvalue weighted by atomic mass is 15.2. The molecule has 23 heavy (non-hydrogen) atoms. The fraction of sp³-hybridized carbons (Fsp3) is 0.476. The molecule has 3 aromatic rings. The molecule has 2 nitrogen and oxygen atoms in total. The third kappa shape index (κ3) is 1.43. The van der Waals surface area contributed by atoms with Crippen molar-refractivity contribution in [1.29, 1.82) is 0 Å². The molecular weight excluding hydrogens is 280 g/mol.